The van der Waals surface area contributed by atoms with Crippen molar-refractivity contribution in [2.24, 2.45) is 11.1 Å². The molecule has 0 fully saturated rings. The summed E-state index contributed by atoms with van der Waals surface area (Å²) in [7, 11) is -3.39. The lowest BCUT2D eigenvalue weighted by atomic mass is 10.0. The highest BCUT2D eigenvalue weighted by atomic mass is 35.5. The van der Waals surface area contributed by atoms with E-state index in [4.69, 9.17) is 16.7 Å². The molecule has 0 aromatic heterocycles. The van der Waals surface area contributed by atoms with Crippen LogP contribution in [0.1, 0.15) is 12.5 Å². The van der Waals surface area contributed by atoms with Crippen LogP contribution in [-0.4, -0.2) is 14.2 Å². The second kappa shape index (κ2) is 4.96. The van der Waals surface area contributed by atoms with E-state index >= 15 is 0 Å². The lowest BCUT2D eigenvalue weighted by Crippen LogP contribution is -2.22. The summed E-state index contributed by atoms with van der Waals surface area (Å²) in [6.45, 7) is 1.85. The number of benzene rings is 1. The maximum Gasteiger partial charge on any atom is 0.209 e. The van der Waals surface area contributed by atoms with Crippen LogP contribution in [0.25, 0.3) is 0 Å². The lowest BCUT2D eigenvalue weighted by molar-refractivity contribution is 0.571. The molecule has 1 atom stereocenters. The molecule has 1 aromatic rings. The fraction of sp³-hybridized carbons (Fsp3) is 0.400. The highest BCUT2D eigenvalue weighted by Gasteiger charge is 2.11. The minimum Gasteiger partial charge on any atom is -0.229 e. The van der Waals surface area contributed by atoms with Crippen LogP contribution in [0.15, 0.2) is 24.3 Å². The molecule has 84 valence electrons. The Morgan fingerprint density at radius 1 is 1.47 bits per heavy atom. The average Bonchev–Trinajstić information content (AvgIpc) is 1.99. The van der Waals surface area contributed by atoms with E-state index in [0.29, 0.717) is 11.4 Å². The minimum atomic E-state index is -3.39. The Labute approximate surface area is 95.3 Å². The van der Waals surface area contributed by atoms with Gasteiger partial charge in [0.05, 0.1) is 5.75 Å². The third-order valence-electron chi connectivity index (χ3n) is 1.99. The normalized spacial score (nSPS) is 13.8. The molecule has 2 N–H and O–H groups in total. The van der Waals surface area contributed by atoms with Gasteiger partial charge in [0.25, 0.3) is 0 Å². The van der Waals surface area contributed by atoms with Gasteiger partial charge in [-0.1, -0.05) is 30.7 Å². The second-order valence-electron chi connectivity index (χ2n) is 3.77. The molecule has 3 nitrogen and oxygen atoms in total. The summed E-state index contributed by atoms with van der Waals surface area (Å²) in [6.07, 6.45) is 0.664. The lowest BCUT2D eigenvalue weighted by Gasteiger charge is -2.09. The summed E-state index contributed by atoms with van der Waals surface area (Å²) in [6, 6.07) is 7.39. The summed E-state index contributed by atoms with van der Waals surface area (Å²) < 4.78 is 21.7. The Morgan fingerprint density at radius 3 is 2.67 bits per heavy atom. The Hall–Kier alpha value is -0.580. The zero-order valence-electron chi connectivity index (χ0n) is 8.48. The maximum atomic E-state index is 10.9. The summed E-state index contributed by atoms with van der Waals surface area (Å²) in [5.41, 5.74) is 1.03. The summed E-state index contributed by atoms with van der Waals surface area (Å²) in [5.74, 6) is -0.00190. The highest BCUT2D eigenvalue weighted by Crippen LogP contribution is 2.14. The van der Waals surface area contributed by atoms with E-state index in [9.17, 15) is 8.42 Å². The summed E-state index contributed by atoms with van der Waals surface area (Å²) >= 11 is 5.82. The van der Waals surface area contributed by atoms with Gasteiger partial charge < -0.3 is 0 Å². The van der Waals surface area contributed by atoms with Gasteiger partial charge in [0.1, 0.15) is 0 Å². The van der Waals surface area contributed by atoms with E-state index < -0.39 is 10.0 Å². The van der Waals surface area contributed by atoms with Gasteiger partial charge in [-0.3, -0.25) is 0 Å². The molecule has 0 bridgehead atoms. The van der Waals surface area contributed by atoms with Gasteiger partial charge in [0.2, 0.25) is 10.0 Å². The SMILES string of the molecule is CC(Cc1cccc(Cl)c1)CS(N)(=O)=O. The van der Waals surface area contributed by atoms with E-state index in [-0.39, 0.29) is 11.7 Å². The van der Waals surface area contributed by atoms with Crippen molar-refractivity contribution < 1.29 is 8.42 Å². The van der Waals surface area contributed by atoms with Crippen LogP contribution < -0.4 is 5.14 Å². The van der Waals surface area contributed by atoms with Crippen LogP contribution in [-0.2, 0) is 16.4 Å². The van der Waals surface area contributed by atoms with Crippen molar-refractivity contribution in [1.82, 2.24) is 0 Å². The number of hydrogen-bond acceptors (Lipinski definition) is 2. The molecule has 0 saturated heterocycles. The number of primary sulfonamides is 1. The van der Waals surface area contributed by atoms with E-state index in [0.717, 1.165) is 5.56 Å². The molecule has 0 amide bonds. The topological polar surface area (TPSA) is 60.2 Å². The fourth-order valence-corrected chi connectivity index (χ4v) is 2.65. The molecule has 0 heterocycles. The number of rotatable bonds is 4. The van der Waals surface area contributed by atoms with Crippen LogP contribution in [0.5, 0.6) is 0 Å². The Bertz CT molecular complexity index is 431. The van der Waals surface area contributed by atoms with Crippen molar-refractivity contribution in [3.63, 3.8) is 0 Å². The van der Waals surface area contributed by atoms with Crippen LogP contribution >= 0.6 is 11.6 Å². The molecule has 0 saturated carbocycles. The quantitative estimate of drug-likeness (QED) is 0.882. The zero-order chi connectivity index (χ0) is 11.5. The van der Waals surface area contributed by atoms with Crippen LogP contribution in [0.4, 0.5) is 0 Å². The van der Waals surface area contributed by atoms with Gasteiger partial charge in [-0.05, 0) is 30.0 Å². The van der Waals surface area contributed by atoms with Gasteiger partial charge in [0.15, 0.2) is 0 Å². The molecule has 5 heteroatoms. The molecule has 1 unspecified atom stereocenters. The van der Waals surface area contributed by atoms with E-state index in [1.54, 1.807) is 6.07 Å². The summed E-state index contributed by atoms with van der Waals surface area (Å²) in [5, 5.41) is 5.63. The molecule has 1 aromatic carbocycles. The molecular formula is C10H14ClNO2S. The van der Waals surface area contributed by atoms with Crippen LogP contribution in [0.2, 0.25) is 5.02 Å². The standard InChI is InChI=1S/C10H14ClNO2S/c1-8(7-15(12,13)14)5-9-3-2-4-10(11)6-9/h2-4,6,8H,5,7H2,1H3,(H2,12,13,14). The van der Waals surface area contributed by atoms with Crippen molar-refractivity contribution in [2.45, 2.75) is 13.3 Å². The monoisotopic (exact) mass is 247 g/mol. The first-order valence-corrected chi connectivity index (χ1v) is 6.71. The van der Waals surface area contributed by atoms with Gasteiger partial charge in [-0.2, -0.15) is 0 Å². The van der Waals surface area contributed by atoms with Gasteiger partial charge in [-0.15, -0.1) is 0 Å². The van der Waals surface area contributed by atoms with Crippen molar-refractivity contribution in [1.29, 1.82) is 0 Å². The number of nitrogens with two attached hydrogens (primary N) is 1. The first kappa shape index (κ1) is 12.5. The van der Waals surface area contributed by atoms with E-state index in [1.807, 2.05) is 25.1 Å². The number of sulfonamides is 1. The smallest absolute Gasteiger partial charge is 0.209 e. The van der Waals surface area contributed by atoms with Gasteiger partial charge in [-0.25, -0.2) is 13.6 Å². The number of halogens is 1. The van der Waals surface area contributed by atoms with Crippen molar-refractivity contribution in [3.05, 3.63) is 34.9 Å². The van der Waals surface area contributed by atoms with Gasteiger partial charge in [0, 0.05) is 5.02 Å². The molecule has 0 radical (unpaired) electrons. The fourth-order valence-electron chi connectivity index (χ4n) is 1.52. The first-order valence-electron chi connectivity index (χ1n) is 4.62. The van der Waals surface area contributed by atoms with Crippen molar-refractivity contribution in [2.75, 3.05) is 5.75 Å². The Kier molecular flexibility index (Phi) is 4.13. The minimum absolute atomic E-state index is 0.000483. The zero-order valence-corrected chi connectivity index (χ0v) is 10.1. The molecule has 0 aliphatic carbocycles. The van der Waals surface area contributed by atoms with E-state index in [1.165, 1.54) is 0 Å². The molecule has 0 aliphatic heterocycles. The molecular weight excluding hydrogens is 234 g/mol. The van der Waals surface area contributed by atoms with Crippen LogP contribution in [0, 0.1) is 5.92 Å². The molecule has 15 heavy (non-hydrogen) atoms. The predicted octanol–water partition coefficient (Wildman–Crippen LogP) is 1.81. The molecule has 0 aliphatic rings. The Balaban J connectivity index is 2.63. The largest absolute Gasteiger partial charge is 0.229 e. The molecule has 0 spiro atoms. The highest BCUT2D eigenvalue weighted by molar-refractivity contribution is 7.89. The van der Waals surface area contributed by atoms with Crippen molar-refractivity contribution >= 4 is 21.6 Å². The van der Waals surface area contributed by atoms with Crippen LogP contribution in [0.3, 0.4) is 0 Å². The first-order chi connectivity index (χ1) is 6.87. The van der Waals surface area contributed by atoms with Crippen molar-refractivity contribution in [3.8, 4) is 0 Å². The summed E-state index contributed by atoms with van der Waals surface area (Å²) in [4.78, 5) is 0. The predicted molar refractivity (Wildman–Crippen MR) is 62.3 cm³/mol. The third-order valence-corrected chi connectivity index (χ3v) is 3.26. The average molecular weight is 248 g/mol. The van der Waals surface area contributed by atoms with E-state index in [2.05, 4.69) is 0 Å². The molecule has 1 rings (SSSR count). The third kappa shape index (κ3) is 5.16. The van der Waals surface area contributed by atoms with Gasteiger partial charge >= 0.3 is 0 Å². The maximum absolute atomic E-state index is 10.9. The number of hydrogen-bond donors (Lipinski definition) is 1. The second-order valence-corrected chi connectivity index (χ2v) is 5.86. The Morgan fingerprint density at radius 2 is 2.13 bits per heavy atom.